The molecule has 56 heavy (non-hydrogen) atoms. The topological polar surface area (TPSA) is 89.8 Å². The molecule has 2 aromatic heterocycles. The highest BCUT2D eigenvalue weighted by Gasteiger charge is 2.27. The lowest BCUT2D eigenvalue weighted by Gasteiger charge is -2.33. The Kier molecular flexibility index (Phi) is 8.31. The molecular formula is C48H31N7O. The predicted octanol–water partition coefficient (Wildman–Crippen LogP) is 11.6. The summed E-state index contributed by atoms with van der Waals surface area (Å²) in [6.07, 6.45) is 0. The molecule has 9 aromatic rings. The lowest BCUT2D eigenvalue weighted by Crippen LogP contribution is -2.16. The van der Waals surface area contributed by atoms with Crippen molar-refractivity contribution in [2.45, 2.75) is 0 Å². The normalized spacial score (nSPS) is 11.7. The van der Waals surface area contributed by atoms with Crippen LogP contribution < -0.4 is 9.64 Å². The molecule has 10 rings (SSSR count). The zero-order valence-corrected chi connectivity index (χ0v) is 29.9. The first-order valence-electron chi connectivity index (χ1n) is 18.3. The van der Waals surface area contributed by atoms with Crippen LogP contribution in [0.2, 0.25) is 0 Å². The molecule has 1 aliphatic heterocycles. The molecule has 8 nitrogen and oxygen atoms in total. The molecule has 1 aliphatic rings. The zero-order chi connectivity index (χ0) is 37.3. The minimum absolute atomic E-state index is 0.510. The van der Waals surface area contributed by atoms with Gasteiger partial charge in [0.05, 0.1) is 11.4 Å². The fourth-order valence-electron chi connectivity index (χ4n) is 6.86. The average Bonchev–Trinajstić information content (AvgIpc) is 3.29. The highest BCUT2D eigenvalue weighted by molar-refractivity contribution is 5.89. The van der Waals surface area contributed by atoms with E-state index in [-0.39, 0.29) is 0 Å². The van der Waals surface area contributed by atoms with E-state index in [1.807, 2.05) is 158 Å². The summed E-state index contributed by atoms with van der Waals surface area (Å²) in [6, 6.07) is 62.3. The maximum absolute atomic E-state index is 6.41. The molecule has 3 heterocycles. The number of benzene rings is 7. The number of anilines is 3. The van der Waals surface area contributed by atoms with Crippen LogP contribution in [0.1, 0.15) is 0 Å². The van der Waals surface area contributed by atoms with Gasteiger partial charge in [-0.1, -0.05) is 146 Å². The summed E-state index contributed by atoms with van der Waals surface area (Å²) in [5, 5.41) is 0. The lowest BCUT2D eigenvalue weighted by molar-refractivity contribution is 0.477. The standard InChI is InChI=1S/C48H31N7O/c1-5-17-32(18-6-1)43-49-44(33-19-7-2-8-20-33)52-47(51-43)36-29-37(31-38(30-36)55-39-25-13-15-27-41(39)56-42-28-16-14-26-40(42)55)48-53-45(34-21-9-3-10-22-34)50-46(54-48)35-23-11-4-12-24-35/h1-31H. The molecular weight excluding hydrogens is 691 g/mol. The zero-order valence-electron chi connectivity index (χ0n) is 29.9. The van der Waals surface area contributed by atoms with Gasteiger partial charge in [-0.3, -0.25) is 0 Å². The minimum atomic E-state index is 0.510. The van der Waals surface area contributed by atoms with Gasteiger partial charge in [-0.05, 0) is 42.5 Å². The van der Waals surface area contributed by atoms with Gasteiger partial charge in [-0.2, -0.15) is 0 Å². The fourth-order valence-corrected chi connectivity index (χ4v) is 6.86. The second kappa shape index (κ2) is 14.2. The number of nitrogens with zero attached hydrogens (tertiary/aromatic N) is 7. The molecule has 0 N–H and O–H groups in total. The molecule has 0 saturated heterocycles. The van der Waals surface area contributed by atoms with Crippen molar-refractivity contribution in [3.63, 3.8) is 0 Å². The monoisotopic (exact) mass is 721 g/mol. The van der Waals surface area contributed by atoms with E-state index in [0.29, 0.717) is 34.9 Å². The van der Waals surface area contributed by atoms with Gasteiger partial charge in [0.25, 0.3) is 0 Å². The SMILES string of the molecule is c1ccc(-c2nc(-c3ccccc3)nc(-c3cc(-c4nc(-c5ccccc5)nc(-c5ccccc5)n4)cc(N4c5ccccc5Oc5ccccc54)c3)n2)cc1. The number of hydrogen-bond donors (Lipinski definition) is 0. The number of ether oxygens (including phenoxy) is 1. The maximum Gasteiger partial charge on any atom is 0.164 e. The second-order valence-corrected chi connectivity index (χ2v) is 13.2. The van der Waals surface area contributed by atoms with Crippen LogP contribution in [-0.4, -0.2) is 29.9 Å². The second-order valence-electron chi connectivity index (χ2n) is 13.2. The number of para-hydroxylation sites is 4. The van der Waals surface area contributed by atoms with Crippen LogP contribution in [0.15, 0.2) is 188 Å². The number of hydrogen-bond acceptors (Lipinski definition) is 8. The van der Waals surface area contributed by atoms with Gasteiger partial charge in [-0.15, -0.1) is 0 Å². The van der Waals surface area contributed by atoms with E-state index in [9.17, 15) is 0 Å². The van der Waals surface area contributed by atoms with Crippen LogP contribution in [-0.2, 0) is 0 Å². The Hall–Kier alpha value is -7.84. The van der Waals surface area contributed by atoms with E-state index < -0.39 is 0 Å². The van der Waals surface area contributed by atoms with Gasteiger partial charge in [0.1, 0.15) is 0 Å². The third kappa shape index (κ3) is 6.31. The fraction of sp³-hybridized carbons (Fsp3) is 0. The Labute approximate surface area is 323 Å². The van der Waals surface area contributed by atoms with Crippen LogP contribution in [0.5, 0.6) is 11.5 Å². The Bertz CT molecular complexity index is 2530. The van der Waals surface area contributed by atoms with Crippen molar-refractivity contribution in [1.29, 1.82) is 0 Å². The summed E-state index contributed by atoms with van der Waals surface area (Å²) >= 11 is 0. The Morgan fingerprint density at radius 1 is 0.286 bits per heavy atom. The lowest BCUT2D eigenvalue weighted by atomic mass is 10.0. The molecule has 0 atom stereocenters. The van der Waals surface area contributed by atoms with Gasteiger partial charge >= 0.3 is 0 Å². The summed E-state index contributed by atoms with van der Waals surface area (Å²) < 4.78 is 6.41. The molecule has 0 aliphatic carbocycles. The van der Waals surface area contributed by atoms with Gasteiger partial charge < -0.3 is 9.64 Å². The Balaban J connectivity index is 1.25. The summed E-state index contributed by atoms with van der Waals surface area (Å²) in [6.45, 7) is 0. The van der Waals surface area contributed by atoms with Crippen molar-refractivity contribution < 1.29 is 4.74 Å². The molecule has 0 amide bonds. The largest absolute Gasteiger partial charge is 0.453 e. The van der Waals surface area contributed by atoms with Crippen LogP contribution in [0.3, 0.4) is 0 Å². The number of fused-ring (bicyclic) bond motifs is 2. The molecule has 0 bridgehead atoms. The van der Waals surface area contributed by atoms with Crippen molar-refractivity contribution >= 4 is 17.1 Å². The van der Waals surface area contributed by atoms with E-state index in [4.69, 9.17) is 34.6 Å². The first-order chi connectivity index (χ1) is 27.7. The van der Waals surface area contributed by atoms with E-state index in [1.54, 1.807) is 0 Å². The first kappa shape index (κ1) is 32.8. The van der Waals surface area contributed by atoms with Crippen molar-refractivity contribution in [3.8, 4) is 79.8 Å². The molecule has 0 fully saturated rings. The summed E-state index contributed by atoms with van der Waals surface area (Å²) in [4.78, 5) is 32.6. The quantitative estimate of drug-likeness (QED) is 0.161. The van der Waals surface area contributed by atoms with Crippen molar-refractivity contribution in [3.05, 3.63) is 188 Å². The third-order valence-corrected chi connectivity index (χ3v) is 9.52. The van der Waals surface area contributed by atoms with Gasteiger partial charge in [0.15, 0.2) is 46.4 Å². The molecule has 0 radical (unpaired) electrons. The maximum atomic E-state index is 6.41. The molecule has 8 heteroatoms. The smallest absolute Gasteiger partial charge is 0.164 e. The van der Waals surface area contributed by atoms with E-state index in [0.717, 1.165) is 61.9 Å². The van der Waals surface area contributed by atoms with Crippen molar-refractivity contribution in [2.75, 3.05) is 4.90 Å². The van der Waals surface area contributed by atoms with Crippen molar-refractivity contribution in [1.82, 2.24) is 29.9 Å². The van der Waals surface area contributed by atoms with E-state index >= 15 is 0 Å². The molecule has 0 saturated carbocycles. The van der Waals surface area contributed by atoms with Crippen LogP contribution >= 0.6 is 0 Å². The Morgan fingerprint density at radius 2 is 0.571 bits per heavy atom. The van der Waals surface area contributed by atoms with Crippen LogP contribution in [0, 0.1) is 0 Å². The first-order valence-corrected chi connectivity index (χ1v) is 18.3. The van der Waals surface area contributed by atoms with Gasteiger partial charge in [0, 0.05) is 39.1 Å². The van der Waals surface area contributed by atoms with Gasteiger partial charge in [-0.25, -0.2) is 29.9 Å². The average molecular weight is 722 g/mol. The van der Waals surface area contributed by atoms with Crippen LogP contribution in [0.25, 0.3) is 68.3 Å². The number of aromatic nitrogens is 6. The van der Waals surface area contributed by atoms with E-state index in [1.165, 1.54) is 0 Å². The number of rotatable bonds is 7. The Morgan fingerprint density at radius 3 is 0.911 bits per heavy atom. The molecule has 0 spiro atoms. The third-order valence-electron chi connectivity index (χ3n) is 9.52. The van der Waals surface area contributed by atoms with Gasteiger partial charge in [0.2, 0.25) is 0 Å². The van der Waals surface area contributed by atoms with E-state index in [2.05, 4.69) is 35.2 Å². The molecule has 7 aromatic carbocycles. The highest BCUT2D eigenvalue weighted by Crippen LogP contribution is 2.51. The summed E-state index contributed by atoms with van der Waals surface area (Å²) in [5.74, 6) is 4.79. The van der Waals surface area contributed by atoms with Crippen molar-refractivity contribution in [2.24, 2.45) is 0 Å². The minimum Gasteiger partial charge on any atom is -0.453 e. The molecule has 264 valence electrons. The van der Waals surface area contributed by atoms with Crippen LogP contribution in [0.4, 0.5) is 17.1 Å². The highest BCUT2D eigenvalue weighted by atomic mass is 16.5. The summed E-state index contributed by atoms with van der Waals surface area (Å²) in [7, 11) is 0. The molecule has 0 unspecified atom stereocenters. The predicted molar refractivity (Wildman–Crippen MR) is 221 cm³/mol. The summed E-state index contributed by atoms with van der Waals surface area (Å²) in [5.41, 5.74) is 7.72.